The number of pyridine rings is 1. The summed E-state index contributed by atoms with van der Waals surface area (Å²) in [7, 11) is -4.22. The first-order valence-electron chi connectivity index (χ1n) is 11.5. The van der Waals surface area contributed by atoms with E-state index in [1.54, 1.807) is 6.07 Å². The van der Waals surface area contributed by atoms with Crippen LogP contribution in [0.3, 0.4) is 0 Å². The summed E-state index contributed by atoms with van der Waals surface area (Å²) in [6, 6.07) is 14.6. The predicted molar refractivity (Wildman–Crippen MR) is 129 cm³/mol. The number of halogens is 3. The molecule has 2 aromatic carbocycles. The molecule has 1 fully saturated rings. The Morgan fingerprint density at radius 2 is 1.69 bits per heavy atom. The highest BCUT2D eigenvalue weighted by atomic mass is 32.2. The number of sulfonamides is 1. The normalized spacial score (nSPS) is 18.5. The number of nitrogens with zero attached hydrogens (tertiary/aromatic N) is 1. The number of anilines is 1. The van der Waals surface area contributed by atoms with Gasteiger partial charge < -0.3 is 5.11 Å². The first-order chi connectivity index (χ1) is 17.0. The van der Waals surface area contributed by atoms with Crippen LogP contribution in [0.2, 0.25) is 0 Å². The van der Waals surface area contributed by atoms with Gasteiger partial charge in [-0.05, 0) is 73.4 Å². The second-order valence-electron chi connectivity index (χ2n) is 9.00. The quantitative estimate of drug-likeness (QED) is 0.382. The summed E-state index contributed by atoms with van der Waals surface area (Å²) < 4.78 is 66.2. The number of nitrogens with one attached hydrogen (secondary N) is 1. The minimum absolute atomic E-state index is 0.130. The lowest BCUT2D eigenvalue weighted by Crippen LogP contribution is -2.16. The number of aliphatic carboxylic acids is 1. The van der Waals surface area contributed by atoms with E-state index in [1.165, 1.54) is 17.8 Å². The van der Waals surface area contributed by atoms with Crippen molar-refractivity contribution >= 4 is 21.7 Å². The van der Waals surface area contributed by atoms with E-state index < -0.39 is 32.6 Å². The van der Waals surface area contributed by atoms with Crippen molar-refractivity contribution in [3.8, 4) is 11.3 Å². The molecule has 0 unspecified atom stereocenters. The number of carbonyl (C=O) groups is 1. The molecule has 1 saturated carbocycles. The zero-order valence-electron chi connectivity index (χ0n) is 19.2. The van der Waals surface area contributed by atoms with E-state index in [0.717, 1.165) is 49.4 Å². The van der Waals surface area contributed by atoms with Crippen molar-refractivity contribution in [1.29, 1.82) is 0 Å². The maximum absolute atomic E-state index is 12.9. The molecule has 0 saturated heterocycles. The van der Waals surface area contributed by atoms with E-state index >= 15 is 0 Å². The van der Waals surface area contributed by atoms with Crippen LogP contribution < -0.4 is 4.72 Å². The fourth-order valence-corrected chi connectivity index (χ4v) is 5.64. The second-order valence-corrected chi connectivity index (χ2v) is 10.7. The Balaban J connectivity index is 1.41. The summed E-state index contributed by atoms with van der Waals surface area (Å²) in [6.07, 6.45) is 0.606. The number of hydrogen-bond donors (Lipinski definition) is 2. The molecule has 0 amide bonds. The number of carboxylic acids is 1. The monoisotopic (exact) mass is 518 g/mol. The Hall–Kier alpha value is -3.40. The molecule has 0 aliphatic heterocycles. The van der Waals surface area contributed by atoms with Crippen LogP contribution in [0.15, 0.2) is 71.8 Å². The van der Waals surface area contributed by atoms with Crippen molar-refractivity contribution in [2.45, 2.75) is 49.1 Å². The van der Waals surface area contributed by atoms with E-state index in [0.29, 0.717) is 17.7 Å². The van der Waals surface area contributed by atoms with Gasteiger partial charge in [-0.1, -0.05) is 30.3 Å². The Morgan fingerprint density at radius 3 is 2.28 bits per heavy atom. The molecular formula is C26H25F3N2O4S. The zero-order chi connectivity index (χ0) is 25.9. The molecule has 4 rings (SSSR count). The molecule has 6 nitrogen and oxygen atoms in total. The lowest BCUT2D eigenvalue weighted by molar-refractivity contribution is -0.139. The highest BCUT2D eigenvalue weighted by Crippen LogP contribution is 2.37. The van der Waals surface area contributed by atoms with Crippen LogP contribution in [0.5, 0.6) is 0 Å². The molecule has 190 valence electrons. The van der Waals surface area contributed by atoms with Crippen molar-refractivity contribution in [3.05, 3.63) is 78.0 Å². The fourth-order valence-electron chi connectivity index (χ4n) is 4.55. The SMILES string of the molecule is O=C(O)CC1CCC(c2ccc(-c3ccc(NS(=O)(=O)c4cccc(C(F)(F)F)c4)cn3)cc2)CC1. The van der Waals surface area contributed by atoms with Gasteiger partial charge in [-0.15, -0.1) is 0 Å². The first kappa shape index (κ1) is 25.7. The van der Waals surface area contributed by atoms with Gasteiger partial charge in [-0.3, -0.25) is 14.5 Å². The molecular weight excluding hydrogens is 493 g/mol. The van der Waals surface area contributed by atoms with E-state index in [9.17, 15) is 26.4 Å². The summed E-state index contributed by atoms with van der Waals surface area (Å²) >= 11 is 0. The number of alkyl halides is 3. The fraction of sp³-hybridized carbons (Fsp3) is 0.308. The topological polar surface area (TPSA) is 96.4 Å². The third-order valence-electron chi connectivity index (χ3n) is 6.48. The molecule has 1 aliphatic rings. The zero-order valence-corrected chi connectivity index (χ0v) is 20.0. The van der Waals surface area contributed by atoms with Crippen LogP contribution in [0.25, 0.3) is 11.3 Å². The molecule has 0 radical (unpaired) electrons. The van der Waals surface area contributed by atoms with Crippen LogP contribution in [-0.4, -0.2) is 24.5 Å². The average Bonchev–Trinajstić information content (AvgIpc) is 2.84. The summed E-state index contributed by atoms with van der Waals surface area (Å²) in [5, 5.41) is 8.97. The van der Waals surface area contributed by atoms with Gasteiger partial charge in [0.1, 0.15) is 0 Å². The summed E-state index contributed by atoms with van der Waals surface area (Å²) in [4.78, 5) is 14.7. The lowest BCUT2D eigenvalue weighted by atomic mass is 9.77. The Labute approximate surface area is 207 Å². The number of rotatable bonds is 7. The third kappa shape index (κ3) is 6.23. The Bertz CT molecular complexity index is 1320. The molecule has 2 N–H and O–H groups in total. The highest BCUT2D eigenvalue weighted by molar-refractivity contribution is 7.92. The maximum atomic E-state index is 12.9. The van der Waals surface area contributed by atoms with E-state index in [4.69, 9.17) is 5.11 Å². The van der Waals surface area contributed by atoms with Crippen LogP contribution in [-0.2, 0) is 21.0 Å². The standard InChI is InChI=1S/C26H25F3N2O4S/c27-26(28,29)21-2-1-3-23(15-21)36(34,35)31-22-12-13-24(30-16-22)20-10-8-19(9-11-20)18-6-4-17(5-7-18)14-25(32)33/h1-3,8-13,15-18,31H,4-7,14H2,(H,32,33). The maximum Gasteiger partial charge on any atom is 0.416 e. The molecule has 1 heterocycles. The number of carboxylic acid groups (broad SMARTS) is 1. The van der Waals surface area contributed by atoms with E-state index in [1.807, 2.05) is 24.3 Å². The van der Waals surface area contributed by atoms with Crippen molar-refractivity contribution < 1.29 is 31.5 Å². The van der Waals surface area contributed by atoms with Gasteiger partial charge in [-0.25, -0.2) is 8.42 Å². The van der Waals surface area contributed by atoms with Crippen LogP contribution >= 0.6 is 0 Å². The van der Waals surface area contributed by atoms with Crippen LogP contribution in [0, 0.1) is 5.92 Å². The minimum Gasteiger partial charge on any atom is -0.481 e. The summed E-state index contributed by atoms with van der Waals surface area (Å²) in [6.45, 7) is 0. The number of aromatic nitrogens is 1. The van der Waals surface area contributed by atoms with Crippen LogP contribution in [0.4, 0.5) is 18.9 Å². The average molecular weight is 519 g/mol. The lowest BCUT2D eigenvalue weighted by Gasteiger charge is -2.28. The molecule has 0 bridgehead atoms. The second kappa shape index (κ2) is 10.3. The van der Waals surface area contributed by atoms with Gasteiger partial charge in [-0.2, -0.15) is 13.2 Å². The molecule has 36 heavy (non-hydrogen) atoms. The van der Waals surface area contributed by atoms with Gasteiger partial charge >= 0.3 is 12.1 Å². The largest absolute Gasteiger partial charge is 0.481 e. The highest BCUT2D eigenvalue weighted by Gasteiger charge is 2.31. The van der Waals surface area contributed by atoms with Crippen molar-refractivity contribution in [3.63, 3.8) is 0 Å². The van der Waals surface area contributed by atoms with Crippen LogP contribution in [0.1, 0.15) is 49.1 Å². The molecule has 0 spiro atoms. The molecule has 1 aliphatic carbocycles. The number of hydrogen-bond acceptors (Lipinski definition) is 4. The van der Waals surface area contributed by atoms with Gasteiger partial charge in [0.25, 0.3) is 10.0 Å². The smallest absolute Gasteiger partial charge is 0.416 e. The van der Waals surface area contributed by atoms with Gasteiger partial charge in [0.05, 0.1) is 28.0 Å². The minimum atomic E-state index is -4.65. The van der Waals surface area contributed by atoms with Crippen molar-refractivity contribution in [2.24, 2.45) is 5.92 Å². The van der Waals surface area contributed by atoms with Gasteiger partial charge in [0.15, 0.2) is 0 Å². The molecule has 3 aromatic rings. The summed E-state index contributed by atoms with van der Waals surface area (Å²) in [5.74, 6) is -0.110. The molecule has 0 atom stereocenters. The van der Waals surface area contributed by atoms with Crippen molar-refractivity contribution in [2.75, 3.05) is 4.72 Å². The molecule has 1 aromatic heterocycles. The predicted octanol–water partition coefficient (Wildman–Crippen LogP) is 6.32. The number of benzene rings is 2. The van der Waals surface area contributed by atoms with E-state index in [2.05, 4.69) is 9.71 Å². The molecule has 10 heteroatoms. The van der Waals surface area contributed by atoms with Crippen molar-refractivity contribution in [1.82, 2.24) is 4.98 Å². The Kier molecular flexibility index (Phi) is 7.35. The Morgan fingerprint density at radius 1 is 1.00 bits per heavy atom. The third-order valence-corrected chi connectivity index (χ3v) is 7.85. The van der Waals surface area contributed by atoms with Gasteiger partial charge in [0, 0.05) is 12.0 Å². The first-order valence-corrected chi connectivity index (χ1v) is 13.0. The summed E-state index contributed by atoms with van der Waals surface area (Å²) in [5.41, 5.74) is 1.74. The van der Waals surface area contributed by atoms with Gasteiger partial charge in [0.2, 0.25) is 0 Å². The van der Waals surface area contributed by atoms with E-state index in [-0.39, 0.29) is 18.0 Å².